The van der Waals surface area contributed by atoms with Crippen molar-refractivity contribution in [1.29, 1.82) is 5.26 Å². The number of nitrogens with two attached hydrogens (primary N) is 2. The van der Waals surface area contributed by atoms with Crippen molar-refractivity contribution < 1.29 is 18.7 Å². The van der Waals surface area contributed by atoms with E-state index in [1.807, 2.05) is 13.8 Å². The minimum Gasteiger partial charge on any atom is -0.462 e. The third kappa shape index (κ3) is 6.49. The molecule has 35 heavy (non-hydrogen) atoms. The van der Waals surface area contributed by atoms with Gasteiger partial charge in [-0.15, -0.1) is 0 Å². The highest BCUT2D eigenvalue weighted by Crippen LogP contribution is 2.47. The van der Waals surface area contributed by atoms with Gasteiger partial charge in [0, 0.05) is 6.20 Å². The van der Waals surface area contributed by atoms with Crippen molar-refractivity contribution >= 4 is 20.1 Å². The van der Waals surface area contributed by atoms with Gasteiger partial charge < -0.3 is 25.4 Å². The number of nitrogens with zero attached hydrogens (tertiary/aromatic N) is 3. The highest BCUT2D eigenvalue weighted by atomic mass is 28.4. The summed E-state index contributed by atoms with van der Waals surface area (Å²) < 4.78 is 19.5. The Morgan fingerprint density at radius 2 is 1.94 bits per heavy atom. The van der Waals surface area contributed by atoms with E-state index in [1.54, 1.807) is 0 Å². The number of anilines is 1. The molecule has 0 aliphatic carbocycles. The van der Waals surface area contributed by atoms with Gasteiger partial charge in [-0.25, -0.2) is 4.79 Å². The molecule has 0 aromatic carbocycles. The first-order valence-corrected chi connectivity index (χ1v) is 14.5. The quantitative estimate of drug-likeness (QED) is 0.377. The van der Waals surface area contributed by atoms with E-state index in [4.69, 9.17) is 25.4 Å². The van der Waals surface area contributed by atoms with Crippen molar-refractivity contribution in [3.8, 4) is 6.07 Å². The summed E-state index contributed by atoms with van der Waals surface area (Å²) in [5.74, 6) is -1.08. The molecule has 0 unspecified atom stereocenters. The molecule has 198 valence electrons. The second kappa shape index (κ2) is 11.6. The number of aromatic nitrogens is 2. The molecule has 0 saturated carbocycles. The number of carbonyl (C=O) groups is 1. The van der Waals surface area contributed by atoms with Gasteiger partial charge in [-0.2, -0.15) is 10.2 Å². The molecule has 0 amide bonds. The standard InChI is InChI=1S/C23H39N5O5Si.CH4/c1-13(2)18(26)21(29)31-12-16-19(33-34(7,8)23(5,6)14(3)4)15(11-24)20(32-16)28-10-9-17(25)27-22(28)30;/h9-10,13-16,18-20H,12,26H2,1-8H3,(H2,25,27,30);1H4/t15-,16+,18-,19-,20+;/m0./s1. The summed E-state index contributed by atoms with van der Waals surface area (Å²) in [6, 6.07) is 2.94. The van der Waals surface area contributed by atoms with Gasteiger partial charge >= 0.3 is 11.7 Å². The third-order valence-electron chi connectivity index (χ3n) is 7.42. The molecule has 10 nitrogen and oxygen atoms in total. The molecule has 0 spiro atoms. The summed E-state index contributed by atoms with van der Waals surface area (Å²) >= 11 is 0. The minimum absolute atomic E-state index is 0. The lowest BCUT2D eigenvalue weighted by atomic mass is 9.99. The molecule has 1 aromatic rings. The van der Waals surface area contributed by atoms with Crippen LogP contribution < -0.4 is 17.2 Å². The second-order valence-corrected chi connectivity index (χ2v) is 15.2. The molecule has 1 saturated heterocycles. The Balaban J connectivity index is 0.00000612. The van der Waals surface area contributed by atoms with Crippen molar-refractivity contribution in [2.75, 3.05) is 12.3 Å². The molecule has 11 heteroatoms. The van der Waals surface area contributed by atoms with Crippen LogP contribution >= 0.6 is 0 Å². The average molecular weight is 510 g/mol. The highest BCUT2D eigenvalue weighted by Gasteiger charge is 2.53. The number of hydrogen-bond donors (Lipinski definition) is 2. The molecule has 5 atom stereocenters. The Morgan fingerprint density at radius 1 is 1.34 bits per heavy atom. The zero-order valence-corrected chi connectivity index (χ0v) is 22.4. The maximum Gasteiger partial charge on any atom is 0.351 e. The van der Waals surface area contributed by atoms with Crippen LogP contribution in [-0.2, 0) is 18.7 Å². The van der Waals surface area contributed by atoms with E-state index in [0.717, 1.165) is 0 Å². The summed E-state index contributed by atoms with van der Waals surface area (Å²) in [6.07, 6.45) is -1.01. The summed E-state index contributed by atoms with van der Waals surface area (Å²) in [7, 11) is -2.43. The number of ether oxygens (including phenoxy) is 2. The van der Waals surface area contributed by atoms with Gasteiger partial charge in [0.1, 0.15) is 30.5 Å². The lowest BCUT2D eigenvalue weighted by molar-refractivity contribution is -0.152. The SMILES string of the molecule is C.CC(C)[C@H](N)C(=O)OC[C@H]1O[C@@H](n2ccc(N)nc2=O)[C@@H](C#N)[C@@H]1O[Si](C)(C)C(C)(C)C(C)C. The fourth-order valence-corrected chi connectivity index (χ4v) is 6.41. The number of hydrogen-bond acceptors (Lipinski definition) is 9. The van der Waals surface area contributed by atoms with Crippen LogP contribution in [-0.4, -0.2) is 48.7 Å². The van der Waals surface area contributed by atoms with Crippen LogP contribution in [0.3, 0.4) is 0 Å². The van der Waals surface area contributed by atoms with Crippen LogP contribution in [0.5, 0.6) is 0 Å². The molecule has 1 aliphatic rings. The molecule has 1 fully saturated rings. The Morgan fingerprint density at radius 3 is 2.43 bits per heavy atom. The van der Waals surface area contributed by atoms with E-state index in [0.29, 0.717) is 5.92 Å². The van der Waals surface area contributed by atoms with Crippen LogP contribution in [0.15, 0.2) is 17.1 Å². The lowest BCUT2D eigenvalue weighted by Gasteiger charge is -2.44. The summed E-state index contributed by atoms with van der Waals surface area (Å²) in [5, 5.41) is 9.96. The van der Waals surface area contributed by atoms with E-state index in [9.17, 15) is 14.9 Å². The minimum atomic E-state index is -2.43. The molecule has 0 bridgehead atoms. The number of nitrogen functional groups attached to an aromatic ring is 1. The van der Waals surface area contributed by atoms with Crippen LogP contribution in [0.2, 0.25) is 18.1 Å². The predicted molar refractivity (Wildman–Crippen MR) is 138 cm³/mol. The Labute approximate surface area is 210 Å². The van der Waals surface area contributed by atoms with Gasteiger partial charge in [0.25, 0.3) is 0 Å². The Bertz CT molecular complexity index is 972. The molecular weight excluding hydrogens is 466 g/mol. The lowest BCUT2D eigenvalue weighted by Crippen LogP contribution is -2.51. The molecule has 1 aliphatic heterocycles. The fourth-order valence-electron chi connectivity index (χ4n) is 3.73. The second-order valence-electron chi connectivity index (χ2n) is 10.6. The van der Waals surface area contributed by atoms with Crippen LogP contribution in [0, 0.1) is 29.1 Å². The summed E-state index contributed by atoms with van der Waals surface area (Å²) in [4.78, 5) is 28.7. The molecule has 2 rings (SSSR count). The average Bonchev–Trinajstić information content (AvgIpc) is 3.07. The zero-order valence-electron chi connectivity index (χ0n) is 21.4. The highest BCUT2D eigenvalue weighted by molar-refractivity contribution is 6.74. The smallest absolute Gasteiger partial charge is 0.351 e. The molecule has 4 N–H and O–H groups in total. The third-order valence-corrected chi connectivity index (χ3v) is 12.0. The van der Waals surface area contributed by atoms with Gasteiger partial charge in [0.15, 0.2) is 14.5 Å². The largest absolute Gasteiger partial charge is 0.462 e. The Hall–Kier alpha value is -2.26. The van der Waals surface area contributed by atoms with E-state index < -0.39 is 50.4 Å². The van der Waals surface area contributed by atoms with Crippen LogP contribution in [0.1, 0.15) is 55.2 Å². The van der Waals surface area contributed by atoms with E-state index in [2.05, 4.69) is 51.8 Å². The monoisotopic (exact) mass is 509 g/mol. The number of rotatable bonds is 9. The maximum atomic E-state index is 12.5. The molecular formula is C24H43N5O5Si. The van der Waals surface area contributed by atoms with E-state index >= 15 is 0 Å². The first kappa shape index (κ1) is 30.8. The summed E-state index contributed by atoms with van der Waals surface area (Å²) in [5.41, 5.74) is 10.9. The zero-order chi connectivity index (χ0) is 26.0. The van der Waals surface area contributed by atoms with Crippen molar-refractivity contribution in [1.82, 2.24) is 9.55 Å². The fraction of sp³-hybridized carbons (Fsp3) is 0.750. The van der Waals surface area contributed by atoms with Gasteiger partial charge in [0.2, 0.25) is 0 Å². The van der Waals surface area contributed by atoms with Crippen molar-refractivity contribution in [3.63, 3.8) is 0 Å². The first-order valence-electron chi connectivity index (χ1n) is 11.6. The van der Waals surface area contributed by atoms with Crippen molar-refractivity contribution in [2.24, 2.45) is 23.5 Å². The first-order chi connectivity index (χ1) is 15.6. The Kier molecular flexibility index (Phi) is 10.2. The van der Waals surface area contributed by atoms with Gasteiger partial charge in [-0.3, -0.25) is 9.36 Å². The van der Waals surface area contributed by atoms with Gasteiger partial charge in [0.05, 0.1) is 12.2 Å². The van der Waals surface area contributed by atoms with E-state index in [-0.39, 0.29) is 30.8 Å². The van der Waals surface area contributed by atoms with Crippen LogP contribution in [0.4, 0.5) is 5.82 Å². The van der Waals surface area contributed by atoms with Crippen molar-refractivity contribution in [3.05, 3.63) is 22.7 Å². The normalized spacial score (nSPS) is 23.6. The molecule has 1 aromatic heterocycles. The van der Waals surface area contributed by atoms with Crippen LogP contribution in [0.25, 0.3) is 0 Å². The number of esters is 1. The summed E-state index contributed by atoms with van der Waals surface area (Å²) in [6.45, 7) is 16.3. The maximum absolute atomic E-state index is 12.5. The number of carbonyl (C=O) groups excluding carboxylic acids is 1. The van der Waals surface area contributed by atoms with Gasteiger partial charge in [-0.1, -0.05) is 49.0 Å². The van der Waals surface area contributed by atoms with Gasteiger partial charge in [-0.05, 0) is 36.0 Å². The molecule has 2 heterocycles. The molecule has 0 radical (unpaired) electrons. The number of nitriles is 1. The predicted octanol–water partition coefficient (Wildman–Crippen LogP) is 3.05. The van der Waals surface area contributed by atoms with E-state index in [1.165, 1.54) is 16.8 Å². The van der Waals surface area contributed by atoms with Crippen molar-refractivity contribution in [2.45, 2.75) is 91.6 Å². The topological polar surface area (TPSA) is 155 Å².